The number of carbonyl (C=O) groups is 3. The Morgan fingerprint density at radius 3 is 2.63 bits per heavy atom. The molecule has 1 N–H and O–H groups in total. The highest BCUT2D eigenvalue weighted by Gasteiger charge is 2.36. The van der Waals surface area contributed by atoms with Crippen LogP contribution in [-0.4, -0.2) is 29.3 Å². The van der Waals surface area contributed by atoms with Crippen LogP contribution < -0.4 is 4.90 Å². The summed E-state index contributed by atoms with van der Waals surface area (Å²) in [7, 11) is 0. The van der Waals surface area contributed by atoms with E-state index >= 15 is 0 Å². The summed E-state index contributed by atoms with van der Waals surface area (Å²) in [4.78, 5) is 35.5. The van der Waals surface area contributed by atoms with Crippen LogP contribution in [0.5, 0.6) is 0 Å². The first-order valence-corrected chi connectivity index (χ1v) is 5.78. The average Bonchev–Trinajstić information content (AvgIpc) is 2.53. The highest BCUT2D eigenvalue weighted by molar-refractivity contribution is 6.52. The number of aliphatic carboxylic acids is 1. The summed E-state index contributed by atoms with van der Waals surface area (Å²) >= 11 is 0. The number of carboxylic acids is 1. The van der Waals surface area contributed by atoms with Gasteiger partial charge in [0.15, 0.2) is 0 Å². The van der Waals surface area contributed by atoms with E-state index < -0.39 is 17.7 Å². The van der Waals surface area contributed by atoms with Gasteiger partial charge in [0.2, 0.25) is 0 Å². The highest BCUT2D eigenvalue weighted by atomic mass is 16.4. The first-order chi connectivity index (χ1) is 8.91. The van der Waals surface area contributed by atoms with Gasteiger partial charge < -0.3 is 10.0 Å². The van der Waals surface area contributed by atoms with Crippen LogP contribution in [0.2, 0.25) is 0 Å². The quantitative estimate of drug-likeness (QED) is 0.659. The van der Waals surface area contributed by atoms with Crippen LogP contribution in [-0.2, 0) is 9.59 Å². The molecule has 0 aromatic heterocycles. The van der Waals surface area contributed by atoms with Crippen LogP contribution >= 0.6 is 0 Å². The number of hydrogen-bond donors (Lipinski definition) is 1. The molecule has 1 aromatic rings. The van der Waals surface area contributed by atoms with Crippen molar-refractivity contribution in [3.63, 3.8) is 0 Å². The number of anilines is 1. The molecule has 1 amide bonds. The highest BCUT2D eigenvalue weighted by Crippen LogP contribution is 2.32. The van der Waals surface area contributed by atoms with E-state index in [-0.39, 0.29) is 6.54 Å². The van der Waals surface area contributed by atoms with Crippen molar-refractivity contribution in [2.24, 2.45) is 0 Å². The zero-order valence-electron chi connectivity index (χ0n) is 10.6. The molecule has 5 heteroatoms. The van der Waals surface area contributed by atoms with Crippen molar-refractivity contribution in [2.75, 3.05) is 11.4 Å². The minimum atomic E-state index is -1.08. The molecule has 0 saturated heterocycles. The average molecular weight is 259 g/mol. The van der Waals surface area contributed by atoms with E-state index in [0.29, 0.717) is 11.3 Å². The molecule has 1 aromatic carbocycles. The van der Waals surface area contributed by atoms with Gasteiger partial charge in [-0.2, -0.15) is 0 Å². The number of carbonyl (C=O) groups excluding carboxylic acids is 2. The fraction of sp³-hybridized carbons (Fsp3) is 0.214. The number of ketones is 1. The third-order valence-electron chi connectivity index (χ3n) is 2.96. The molecule has 2 rings (SSSR count). The number of hydrogen-bond acceptors (Lipinski definition) is 3. The van der Waals surface area contributed by atoms with E-state index in [4.69, 9.17) is 5.11 Å². The third kappa shape index (κ3) is 2.27. The Morgan fingerprint density at radius 2 is 2.00 bits per heavy atom. The Labute approximate surface area is 110 Å². The van der Waals surface area contributed by atoms with Gasteiger partial charge in [-0.3, -0.25) is 9.59 Å². The number of nitrogens with zero attached hydrogens (tertiary/aromatic N) is 1. The van der Waals surface area contributed by atoms with E-state index in [2.05, 4.69) is 0 Å². The topological polar surface area (TPSA) is 74.7 Å². The molecule has 98 valence electrons. The first kappa shape index (κ1) is 13.0. The number of carboxylic acid groups (broad SMARTS) is 1. The summed E-state index contributed by atoms with van der Waals surface area (Å²) in [6.07, 6.45) is 2.30. The zero-order valence-corrected chi connectivity index (χ0v) is 10.6. The third-order valence-corrected chi connectivity index (χ3v) is 2.96. The molecule has 0 fully saturated rings. The second-order valence-electron chi connectivity index (χ2n) is 4.46. The minimum Gasteiger partial charge on any atom is -0.478 e. The normalized spacial score (nSPS) is 14.3. The van der Waals surface area contributed by atoms with Crippen LogP contribution in [0, 0.1) is 13.8 Å². The van der Waals surface area contributed by atoms with Crippen molar-refractivity contribution in [2.45, 2.75) is 13.8 Å². The number of rotatable bonds is 3. The molecule has 0 saturated carbocycles. The number of amides is 1. The van der Waals surface area contributed by atoms with Crippen molar-refractivity contribution in [1.29, 1.82) is 0 Å². The smallest absolute Gasteiger partial charge is 0.328 e. The maximum absolute atomic E-state index is 11.9. The van der Waals surface area contributed by atoms with Crippen molar-refractivity contribution in [3.8, 4) is 0 Å². The monoisotopic (exact) mass is 259 g/mol. The predicted molar refractivity (Wildman–Crippen MR) is 69.4 cm³/mol. The van der Waals surface area contributed by atoms with Gasteiger partial charge in [0.1, 0.15) is 0 Å². The molecule has 0 unspecified atom stereocenters. The Bertz CT molecular complexity index is 616. The Kier molecular flexibility index (Phi) is 3.21. The molecule has 1 heterocycles. The Morgan fingerprint density at radius 1 is 1.32 bits per heavy atom. The summed E-state index contributed by atoms with van der Waals surface area (Å²) in [5, 5.41) is 8.53. The number of benzene rings is 1. The molecule has 0 spiro atoms. The lowest BCUT2D eigenvalue weighted by atomic mass is 10.0. The predicted octanol–water partition coefficient (Wildman–Crippen LogP) is 1.47. The molecule has 1 aliphatic heterocycles. The van der Waals surface area contributed by atoms with E-state index in [1.165, 1.54) is 11.0 Å². The van der Waals surface area contributed by atoms with Crippen molar-refractivity contribution in [1.82, 2.24) is 0 Å². The van der Waals surface area contributed by atoms with E-state index in [9.17, 15) is 14.4 Å². The summed E-state index contributed by atoms with van der Waals surface area (Å²) in [6, 6.07) is 3.61. The lowest BCUT2D eigenvalue weighted by molar-refractivity contribution is -0.131. The maximum atomic E-state index is 11.9. The minimum absolute atomic E-state index is 0.0762. The van der Waals surface area contributed by atoms with Crippen LogP contribution in [0.25, 0.3) is 0 Å². The molecule has 1 aliphatic rings. The van der Waals surface area contributed by atoms with Gasteiger partial charge in [-0.15, -0.1) is 0 Å². The summed E-state index contributed by atoms with van der Waals surface area (Å²) in [5.41, 5.74) is 2.69. The van der Waals surface area contributed by atoms with Crippen molar-refractivity contribution >= 4 is 23.3 Å². The van der Waals surface area contributed by atoms with E-state index in [1.807, 2.05) is 13.0 Å². The van der Waals surface area contributed by atoms with Crippen LogP contribution in [0.15, 0.2) is 24.3 Å². The molecule has 5 nitrogen and oxygen atoms in total. The van der Waals surface area contributed by atoms with Gasteiger partial charge in [0.25, 0.3) is 11.7 Å². The van der Waals surface area contributed by atoms with Crippen molar-refractivity contribution < 1.29 is 19.5 Å². The van der Waals surface area contributed by atoms with Crippen LogP contribution in [0.1, 0.15) is 21.5 Å². The summed E-state index contributed by atoms with van der Waals surface area (Å²) < 4.78 is 0. The molecule has 0 atom stereocenters. The van der Waals surface area contributed by atoms with Gasteiger partial charge in [0.05, 0.1) is 11.3 Å². The molecule has 0 bridgehead atoms. The van der Waals surface area contributed by atoms with Crippen LogP contribution in [0.3, 0.4) is 0 Å². The standard InChI is InChI=1S/C14H13NO4/c1-8-6-9(2)12-10(7-8)15(14(19)13(12)18)5-3-4-11(16)17/h3-4,6-7H,5H2,1-2H3,(H,16,17)/b4-3+. The molecular weight excluding hydrogens is 246 g/mol. The molecule has 0 radical (unpaired) electrons. The lowest BCUT2D eigenvalue weighted by Gasteiger charge is -2.14. The first-order valence-electron chi connectivity index (χ1n) is 5.78. The number of Topliss-reactive ketones (excluding diaryl/α,β-unsaturated/α-hetero) is 1. The largest absolute Gasteiger partial charge is 0.478 e. The molecule has 19 heavy (non-hydrogen) atoms. The summed E-state index contributed by atoms with van der Waals surface area (Å²) in [6.45, 7) is 3.74. The fourth-order valence-corrected chi connectivity index (χ4v) is 2.23. The van der Waals surface area contributed by atoms with Gasteiger partial charge in [-0.05, 0) is 31.0 Å². The Balaban J connectivity index is 2.41. The molecular formula is C14H13NO4. The van der Waals surface area contributed by atoms with E-state index in [1.54, 1.807) is 13.0 Å². The van der Waals surface area contributed by atoms with Gasteiger partial charge in [0, 0.05) is 12.6 Å². The summed E-state index contributed by atoms with van der Waals surface area (Å²) in [5.74, 6) is -2.23. The molecule has 0 aliphatic carbocycles. The fourth-order valence-electron chi connectivity index (χ4n) is 2.23. The Hall–Kier alpha value is -2.43. The van der Waals surface area contributed by atoms with Gasteiger partial charge >= 0.3 is 5.97 Å². The SMILES string of the molecule is Cc1cc(C)c2c(c1)N(C/C=C/C(=O)O)C(=O)C2=O. The van der Waals surface area contributed by atoms with Crippen LogP contribution in [0.4, 0.5) is 5.69 Å². The second kappa shape index (κ2) is 4.68. The van der Waals surface area contributed by atoms with Gasteiger partial charge in [-0.25, -0.2) is 4.79 Å². The second-order valence-corrected chi connectivity index (χ2v) is 4.46. The maximum Gasteiger partial charge on any atom is 0.328 e. The zero-order chi connectivity index (χ0) is 14.2. The van der Waals surface area contributed by atoms with Gasteiger partial charge in [-0.1, -0.05) is 12.1 Å². The van der Waals surface area contributed by atoms with Crippen molar-refractivity contribution in [3.05, 3.63) is 41.0 Å². The number of fused-ring (bicyclic) bond motifs is 1. The van der Waals surface area contributed by atoms with E-state index in [0.717, 1.165) is 17.2 Å². The number of aryl methyl sites for hydroxylation is 2. The lowest BCUT2D eigenvalue weighted by Crippen LogP contribution is -2.29.